The Kier molecular flexibility index (Phi) is 4.83. The topological polar surface area (TPSA) is 101 Å². The van der Waals surface area contributed by atoms with Crippen molar-refractivity contribution in [3.63, 3.8) is 0 Å². The summed E-state index contributed by atoms with van der Waals surface area (Å²) in [7, 11) is 0. The number of carbonyl (C=O) groups excluding carboxylic acids is 1. The van der Waals surface area contributed by atoms with Crippen LogP contribution in [-0.4, -0.2) is 42.6 Å². The lowest BCUT2D eigenvalue weighted by Crippen LogP contribution is -2.26. The van der Waals surface area contributed by atoms with E-state index in [2.05, 4.69) is 50.7 Å². The average molecular weight is 327 g/mol. The van der Waals surface area contributed by atoms with Crippen molar-refractivity contribution in [2.24, 2.45) is 0 Å². The maximum atomic E-state index is 11.8. The highest BCUT2D eigenvalue weighted by Crippen LogP contribution is 2.19. The van der Waals surface area contributed by atoms with Gasteiger partial charge in [0.05, 0.1) is 11.0 Å². The highest BCUT2D eigenvalue weighted by molar-refractivity contribution is 5.80. The SMILES string of the molecule is Cc1ccc2[nH]c(CCNC(=O)CCCn3cnnn3)nc2c1C. The molecule has 3 aromatic rings. The average Bonchev–Trinajstić information content (AvgIpc) is 3.21. The van der Waals surface area contributed by atoms with Crippen LogP contribution in [0.2, 0.25) is 0 Å². The van der Waals surface area contributed by atoms with Crippen molar-refractivity contribution in [3.8, 4) is 0 Å². The summed E-state index contributed by atoms with van der Waals surface area (Å²) >= 11 is 0. The number of aryl methyl sites for hydroxylation is 3. The van der Waals surface area contributed by atoms with Gasteiger partial charge in [0.2, 0.25) is 5.91 Å². The van der Waals surface area contributed by atoms with E-state index in [1.165, 1.54) is 11.1 Å². The van der Waals surface area contributed by atoms with Gasteiger partial charge in [-0.05, 0) is 47.9 Å². The number of carbonyl (C=O) groups is 1. The molecule has 0 unspecified atom stereocenters. The van der Waals surface area contributed by atoms with Crippen molar-refractivity contribution in [1.29, 1.82) is 0 Å². The van der Waals surface area contributed by atoms with Crippen LogP contribution in [0.1, 0.15) is 29.8 Å². The van der Waals surface area contributed by atoms with Gasteiger partial charge in [-0.1, -0.05) is 6.07 Å². The fourth-order valence-electron chi connectivity index (χ4n) is 2.58. The van der Waals surface area contributed by atoms with Gasteiger partial charge in [0, 0.05) is 25.9 Å². The molecule has 0 bridgehead atoms. The number of amides is 1. The molecule has 0 aliphatic heterocycles. The molecule has 0 atom stereocenters. The van der Waals surface area contributed by atoms with Crippen LogP contribution in [-0.2, 0) is 17.8 Å². The summed E-state index contributed by atoms with van der Waals surface area (Å²) in [5.74, 6) is 0.930. The van der Waals surface area contributed by atoms with Gasteiger partial charge in [-0.25, -0.2) is 9.67 Å². The number of nitrogens with zero attached hydrogens (tertiary/aromatic N) is 5. The van der Waals surface area contributed by atoms with Gasteiger partial charge >= 0.3 is 0 Å². The van der Waals surface area contributed by atoms with E-state index in [9.17, 15) is 4.79 Å². The fourth-order valence-corrected chi connectivity index (χ4v) is 2.58. The third-order valence-electron chi connectivity index (χ3n) is 4.09. The van der Waals surface area contributed by atoms with Crippen LogP contribution in [0.15, 0.2) is 18.5 Å². The molecule has 0 aliphatic rings. The first kappa shape index (κ1) is 16.1. The van der Waals surface area contributed by atoms with Gasteiger partial charge in [-0.3, -0.25) is 4.79 Å². The number of tetrazole rings is 1. The Hall–Kier alpha value is -2.77. The zero-order valence-electron chi connectivity index (χ0n) is 13.9. The van der Waals surface area contributed by atoms with Crippen LogP contribution in [0.5, 0.6) is 0 Å². The molecular formula is C16H21N7O. The zero-order chi connectivity index (χ0) is 16.9. The molecule has 24 heavy (non-hydrogen) atoms. The molecule has 1 aromatic carbocycles. The quantitative estimate of drug-likeness (QED) is 0.681. The Balaban J connectivity index is 1.44. The smallest absolute Gasteiger partial charge is 0.220 e. The highest BCUT2D eigenvalue weighted by atomic mass is 16.1. The van der Waals surface area contributed by atoms with E-state index in [0.717, 1.165) is 16.9 Å². The second-order valence-electron chi connectivity index (χ2n) is 5.86. The fraction of sp³-hybridized carbons (Fsp3) is 0.438. The van der Waals surface area contributed by atoms with E-state index >= 15 is 0 Å². The van der Waals surface area contributed by atoms with Gasteiger partial charge in [0.1, 0.15) is 12.2 Å². The van der Waals surface area contributed by atoms with Crippen LogP contribution < -0.4 is 5.32 Å². The first-order chi connectivity index (χ1) is 11.6. The number of hydrogen-bond donors (Lipinski definition) is 2. The monoisotopic (exact) mass is 327 g/mol. The van der Waals surface area contributed by atoms with Crippen LogP contribution in [0.3, 0.4) is 0 Å². The van der Waals surface area contributed by atoms with Gasteiger partial charge in [0.25, 0.3) is 0 Å². The molecule has 0 spiro atoms. The van der Waals surface area contributed by atoms with E-state index in [1.54, 1.807) is 11.0 Å². The third kappa shape index (κ3) is 3.76. The van der Waals surface area contributed by atoms with E-state index < -0.39 is 0 Å². The van der Waals surface area contributed by atoms with Gasteiger partial charge in [-0.2, -0.15) is 0 Å². The summed E-state index contributed by atoms with van der Waals surface area (Å²) in [6.07, 6.45) is 3.40. The summed E-state index contributed by atoms with van der Waals surface area (Å²) in [5, 5.41) is 13.8. The number of rotatable bonds is 7. The molecule has 3 rings (SSSR count). The van der Waals surface area contributed by atoms with Gasteiger partial charge in [-0.15, -0.1) is 5.10 Å². The number of H-pyrrole nitrogens is 1. The molecule has 2 aromatic heterocycles. The molecule has 0 aliphatic carbocycles. The van der Waals surface area contributed by atoms with Crippen molar-refractivity contribution < 1.29 is 4.79 Å². The molecule has 0 saturated heterocycles. The van der Waals surface area contributed by atoms with Crippen LogP contribution >= 0.6 is 0 Å². The van der Waals surface area contributed by atoms with Crippen molar-refractivity contribution in [1.82, 2.24) is 35.5 Å². The van der Waals surface area contributed by atoms with Crippen molar-refractivity contribution in [2.45, 2.75) is 39.7 Å². The summed E-state index contributed by atoms with van der Waals surface area (Å²) in [4.78, 5) is 19.8. The maximum Gasteiger partial charge on any atom is 0.220 e. The van der Waals surface area contributed by atoms with Gasteiger partial charge < -0.3 is 10.3 Å². The Morgan fingerprint density at radius 2 is 2.21 bits per heavy atom. The lowest BCUT2D eigenvalue weighted by Gasteiger charge is -2.03. The van der Waals surface area contributed by atoms with E-state index in [-0.39, 0.29) is 5.91 Å². The largest absolute Gasteiger partial charge is 0.356 e. The molecule has 8 heteroatoms. The first-order valence-electron chi connectivity index (χ1n) is 8.06. The molecule has 0 fully saturated rings. The third-order valence-corrected chi connectivity index (χ3v) is 4.09. The number of benzene rings is 1. The molecule has 1 amide bonds. The van der Waals surface area contributed by atoms with Crippen LogP contribution in [0.4, 0.5) is 0 Å². The van der Waals surface area contributed by atoms with Crippen molar-refractivity contribution in [2.75, 3.05) is 6.54 Å². The number of fused-ring (bicyclic) bond motifs is 1. The highest BCUT2D eigenvalue weighted by Gasteiger charge is 2.07. The normalized spacial score (nSPS) is 11.1. The summed E-state index contributed by atoms with van der Waals surface area (Å²) in [6.45, 7) is 5.37. The standard InChI is InChI=1S/C16H21N7O/c1-11-5-6-13-16(12(11)2)20-14(19-13)7-8-17-15(24)4-3-9-23-10-18-21-22-23/h5-6,10H,3-4,7-9H2,1-2H3,(H,17,24)(H,19,20). The number of aromatic nitrogens is 6. The second kappa shape index (κ2) is 7.20. The number of hydrogen-bond acceptors (Lipinski definition) is 5. The van der Waals surface area contributed by atoms with Crippen LogP contribution in [0, 0.1) is 13.8 Å². The maximum absolute atomic E-state index is 11.8. The zero-order valence-corrected chi connectivity index (χ0v) is 13.9. The Bertz CT molecular complexity index is 822. The van der Waals surface area contributed by atoms with Crippen LogP contribution in [0.25, 0.3) is 11.0 Å². The first-order valence-corrected chi connectivity index (χ1v) is 8.06. The number of imidazole rings is 1. The van der Waals surface area contributed by atoms with Gasteiger partial charge in [0.15, 0.2) is 0 Å². The Morgan fingerprint density at radius 3 is 3.00 bits per heavy atom. The summed E-state index contributed by atoms with van der Waals surface area (Å²) in [5.41, 5.74) is 4.48. The molecule has 2 N–H and O–H groups in total. The van der Waals surface area contributed by atoms with Crippen molar-refractivity contribution >= 4 is 16.9 Å². The molecular weight excluding hydrogens is 306 g/mol. The minimum atomic E-state index is 0.0335. The minimum absolute atomic E-state index is 0.0335. The molecule has 0 radical (unpaired) electrons. The summed E-state index contributed by atoms with van der Waals surface area (Å²) in [6, 6.07) is 4.14. The lowest BCUT2D eigenvalue weighted by molar-refractivity contribution is -0.121. The number of nitrogens with one attached hydrogen (secondary N) is 2. The van der Waals surface area contributed by atoms with E-state index in [1.807, 2.05) is 6.07 Å². The summed E-state index contributed by atoms with van der Waals surface area (Å²) < 4.78 is 1.62. The van der Waals surface area contributed by atoms with E-state index in [0.29, 0.717) is 32.4 Å². The second-order valence-corrected chi connectivity index (χ2v) is 5.86. The van der Waals surface area contributed by atoms with E-state index in [4.69, 9.17) is 0 Å². The molecule has 126 valence electrons. The lowest BCUT2D eigenvalue weighted by atomic mass is 10.1. The predicted molar refractivity (Wildman–Crippen MR) is 89.3 cm³/mol. The molecule has 2 heterocycles. The number of aromatic amines is 1. The Labute approximate surface area is 139 Å². The Morgan fingerprint density at radius 1 is 1.33 bits per heavy atom. The minimum Gasteiger partial charge on any atom is -0.356 e. The van der Waals surface area contributed by atoms with Crippen molar-refractivity contribution in [3.05, 3.63) is 35.4 Å². The predicted octanol–water partition coefficient (Wildman–Crippen LogP) is 1.31. The molecule has 8 nitrogen and oxygen atoms in total. The molecule has 0 saturated carbocycles.